The highest BCUT2D eigenvalue weighted by atomic mass is 19.1. The Balaban J connectivity index is 2.30. The van der Waals surface area contributed by atoms with Gasteiger partial charge in [-0.3, -0.25) is 4.79 Å². The molecule has 3 nitrogen and oxygen atoms in total. The molecule has 2 N–H and O–H groups in total. The monoisotopic (exact) mass is 132 g/mol. The molecule has 1 amide bonds. The summed E-state index contributed by atoms with van der Waals surface area (Å²) in [5.41, 5.74) is 0. The van der Waals surface area contributed by atoms with Crippen LogP contribution in [-0.4, -0.2) is 31.7 Å². The van der Waals surface area contributed by atoms with Gasteiger partial charge in [0.15, 0.2) is 0 Å². The lowest BCUT2D eigenvalue weighted by Gasteiger charge is -2.07. The van der Waals surface area contributed by atoms with E-state index in [9.17, 15) is 9.18 Å². The maximum absolute atomic E-state index is 12.5. The molecule has 0 bridgehead atoms. The fraction of sp³-hybridized carbons (Fsp3) is 0.800. The number of carbonyl (C=O) groups excluding carboxylic acids is 1. The number of halogens is 1. The smallest absolute Gasteiger partial charge is 0.207 e. The third-order valence-corrected chi connectivity index (χ3v) is 1.42. The van der Waals surface area contributed by atoms with Crippen LogP contribution in [-0.2, 0) is 4.79 Å². The zero-order valence-corrected chi connectivity index (χ0v) is 4.93. The van der Waals surface area contributed by atoms with E-state index >= 15 is 0 Å². The van der Waals surface area contributed by atoms with Crippen LogP contribution in [0.15, 0.2) is 0 Å². The van der Waals surface area contributed by atoms with Crippen LogP contribution in [0.25, 0.3) is 0 Å². The van der Waals surface area contributed by atoms with Crippen LogP contribution >= 0.6 is 0 Å². The SMILES string of the molecule is O=CNC1CNCC1F. The van der Waals surface area contributed by atoms with Crippen LogP contribution in [0.3, 0.4) is 0 Å². The molecule has 2 atom stereocenters. The molecule has 0 aromatic rings. The Labute approximate surface area is 52.6 Å². The number of alkyl halides is 1. The van der Waals surface area contributed by atoms with Gasteiger partial charge in [0.2, 0.25) is 6.41 Å². The molecule has 0 spiro atoms. The second-order valence-electron chi connectivity index (χ2n) is 2.07. The third-order valence-electron chi connectivity index (χ3n) is 1.42. The quantitative estimate of drug-likeness (QED) is 0.475. The van der Waals surface area contributed by atoms with Crippen molar-refractivity contribution in [3.63, 3.8) is 0 Å². The largest absolute Gasteiger partial charge is 0.352 e. The highest BCUT2D eigenvalue weighted by molar-refractivity contribution is 5.47. The average Bonchev–Trinajstić information content (AvgIpc) is 2.18. The van der Waals surface area contributed by atoms with Gasteiger partial charge >= 0.3 is 0 Å². The fourth-order valence-corrected chi connectivity index (χ4v) is 0.898. The molecular formula is C5H9FN2O. The zero-order chi connectivity index (χ0) is 6.69. The van der Waals surface area contributed by atoms with Crippen molar-refractivity contribution in [2.45, 2.75) is 12.2 Å². The van der Waals surface area contributed by atoms with Gasteiger partial charge in [-0.25, -0.2) is 4.39 Å². The van der Waals surface area contributed by atoms with Crippen molar-refractivity contribution in [3.05, 3.63) is 0 Å². The number of nitrogens with one attached hydrogen (secondary N) is 2. The molecule has 0 aromatic carbocycles. The van der Waals surface area contributed by atoms with Crippen LogP contribution in [0.2, 0.25) is 0 Å². The first-order valence-electron chi connectivity index (χ1n) is 2.89. The Kier molecular flexibility index (Phi) is 2.00. The van der Waals surface area contributed by atoms with Crippen LogP contribution in [0.1, 0.15) is 0 Å². The van der Waals surface area contributed by atoms with Crippen molar-refractivity contribution < 1.29 is 9.18 Å². The second kappa shape index (κ2) is 2.77. The molecule has 52 valence electrons. The molecular weight excluding hydrogens is 123 g/mol. The normalized spacial score (nSPS) is 34.3. The van der Waals surface area contributed by atoms with Crippen LogP contribution in [0.4, 0.5) is 4.39 Å². The van der Waals surface area contributed by atoms with E-state index in [1.807, 2.05) is 0 Å². The second-order valence-corrected chi connectivity index (χ2v) is 2.07. The van der Waals surface area contributed by atoms with Crippen LogP contribution < -0.4 is 10.6 Å². The predicted molar refractivity (Wildman–Crippen MR) is 30.8 cm³/mol. The van der Waals surface area contributed by atoms with Crippen molar-refractivity contribution in [3.8, 4) is 0 Å². The molecule has 2 unspecified atom stereocenters. The summed E-state index contributed by atoms with van der Waals surface area (Å²) >= 11 is 0. The van der Waals surface area contributed by atoms with Crippen molar-refractivity contribution in [2.75, 3.05) is 13.1 Å². The Hall–Kier alpha value is -0.640. The van der Waals surface area contributed by atoms with Gasteiger partial charge in [-0.2, -0.15) is 0 Å². The van der Waals surface area contributed by atoms with E-state index in [2.05, 4.69) is 10.6 Å². The van der Waals surface area contributed by atoms with Gasteiger partial charge < -0.3 is 10.6 Å². The summed E-state index contributed by atoms with van der Waals surface area (Å²) in [6.07, 6.45) is -0.389. The summed E-state index contributed by atoms with van der Waals surface area (Å²) in [6, 6.07) is -0.317. The number of hydrogen-bond acceptors (Lipinski definition) is 2. The number of hydrogen-bond donors (Lipinski definition) is 2. The van der Waals surface area contributed by atoms with Crippen molar-refractivity contribution in [2.24, 2.45) is 0 Å². The lowest BCUT2D eigenvalue weighted by molar-refractivity contribution is -0.110. The minimum Gasteiger partial charge on any atom is -0.352 e. The summed E-state index contributed by atoms with van der Waals surface area (Å²) in [4.78, 5) is 9.80. The van der Waals surface area contributed by atoms with Crippen LogP contribution in [0, 0.1) is 0 Å². The highest BCUT2D eigenvalue weighted by Gasteiger charge is 2.25. The van der Waals surface area contributed by atoms with E-state index in [1.54, 1.807) is 0 Å². The molecule has 0 aromatic heterocycles. The Morgan fingerprint density at radius 2 is 2.44 bits per heavy atom. The molecule has 1 aliphatic rings. The van der Waals surface area contributed by atoms with Gasteiger partial charge in [-0.05, 0) is 0 Å². The van der Waals surface area contributed by atoms with E-state index in [4.69, 9.17) is 0 Å². The first-order chi connectivity index (χ1) is 4.34. The lowest BCUT2D eigenvalue weighted by atomic mass is 10.2. The summed E-state index contributed by atoms with van der Waals surface area (Å²) in [7, 11) is 0. The molecule has 1 heterocycles. The first-order valence-corrected chi connectivity index (χ1v) is 2.89. The maximum Gasteiger partial charge on any atom is 0.207 e. The molecule has 0 aliphatic carbocycles. The number of rotatable bonds is 2. The van der Waals surface area contributed by atoms with E-state index in [-0.39, 0.29) is 6.04 Å². The average molecular weight is 132 g/mol. The molecule has 1 saturated heterocycles. The fourth-order valence-electron chi connectivity index (χ4n) is 0.898. The molecule has 0 radical (unpaired) electrons. The lowest BCUT2D eigenvalue weighted by Crippen LogP contribution is -2.35. The van der Waals surface area contributed by atoms with Gasteiger partial charge in [0.1, 0.15) is 6.17 Å². The molecule has 1 rings (SSSR count). The Morgan fingerprint density at radius 3 is 2.89 bits per heavy atom. The topological polar surface area (TPSA) is 41.1 Å². The maximum atomic E-state index is 12.5. The summed E-state index contributed by atoms with van der Waals surface area (Å²) in [6.45, 7) is 0.894. The van der Waals surface area contributed by atoms with Crippen molar-refractivity contribution in [1.29, 1.82) is 0 Å². The zero-order valence-electron chi connectivity index (χ0n) is 4.93. The minimum atomic E-state index is -0.921. The molecule has 1 fully saturated rings. The standard InChI is InChI=1S/C5H9FN2O/c6-4-1-7-2-5(4)8-3-9/h3-5,7H,1-2H2,(H,8,9). The van der Waals surface area contributed by atoms with Gasteiger partial charge in [0, 0.05) is 13.1 Å². The van der Waals surface area contributed by atoms with Gasteiger partial charge in [-0.1, -0.05) is 0 Å². The summed E-state index contributed by atoms with van der Waals surface area (Å²) in [5.74, 6) is 0. The molecule has 0 saturated carbocycles. The highest BCUT2D eigenvalue weighted by Crippen LogP contribution is 2.02. The van der Waals surface area contributed by atoms with Crippen molar-refractivity contribution >= 4 is 6.41 Å². The summed E-state index contributed by atoms with van der Waals surface area (Å²) in [5, 5.41) is 5.19. The number of amides is 1. The minimum absolute atomic E-state index is 0.317. The van der Waals surface area contributed by atoms with E-state index in [1.165, 1.54) is 0 Å². The van der Waals surface area contributed by atoms with Crippen molar-refractivity contribution in [1.82, 2.24) is 10.6 Å². The predicted octanol–water partition coefficient (Wildman–Crippen LogP) is -0.958. The van der Waals surface area contributed by atoms with Crippen LogP contribution in [0.5, 0.6) is 0 Å². The Morgan fingerprint density at radius 1 is 1.67 bits per heavy atom. The van der Waals surface area contributed by atoms with Gasteiger partial charge in [-0.15, -0.1) is 0 Å². The van der Waals surface area contributed by atoms with Gasteiger partial charge in [0.05, 0.1) is 6.04 Å². The third kappa shape index (κ3) is 1.38. The molecule has 1 aliphatic heterocycles. The molecule has 9 heavy (non-hydrogen) atoms. The van der Waals surface area contributed by atoms with E-state index in [0.29, 0.717) is 19.5 Å². The van der Waals surface area contributed by atoms with E-state index in [0.717, 1.165) is 0 Å². The van der Waals surface area contributed by atoms with Gasteiger partial charge in [0.25, 0.3) is 0 Å². The first kappa shape index (κ1) is 6.48. The molecule has 4 heteroatoms. The Bertz CT molecular complexity index is 109. The summed E-state index contributed by atoms with van der Waals surface area (Å²) < 4.78 is 12.5. The van der Waals surface area contributed by atoms with E-state index < -0.39 is 6.17 Å². The number of carbonyl (C=O) groups is 1.